The van der Waals surface area contributed by atoms with E-state index >= 15 is 0 Å². The minimum atomic E-state index is -2.36. The van der Waals surface area contributed by atoms with Crippen molar-refractivity contribution in [3.8, 4) is 0 Å². The van der Waals surface area contributed by atoms with Crippen molar-refractivity contribution in [2.24, 2.45) is 5.73 Å². The van der Waals surface area contributed by atoms with Crippen LogP contribution >= 0.6 is 0 Å². The number of anilines is 1. The Morgan fingerprint density at radius 1 is 1.44 bits per heavy atom. The number of pyridine rings is 1. The number of hydrogen-bond acceptors (Lipinski definition) is 3. The molecule has 5 heteroatoms. The van der Waals surface area contributed by atoms with Crippen LogP contribution in [0.1, 0.15) is 17.0 Å². The summed E-state index contributed by atoms with van der Waals surface area (Å²) in [6, 6.07) is 1.79. The molecule has 0 unspecified atom stereocenters. The van der Waals surface area contributed by atoms with Crippen molar-refractivity contribution in [2.45, 2.75) is 26.8 Å². The minimum Gasteiger partial charge on any atom is -0.369 e. The van der Waals surface area contributed by atoms with Gasteiger partial charge in [0.05, 0.1) is 6.54 Å². The summed E-state index contributed by atoms with van der Waals surface area (Å²) in [6.07, 6.45) is -2.36. The maximum absolute atomic E-state index is 12.3. The molecule has 0 aliphatic carbocycles. The normalized spacial score (nSPS) is 10.9. The molecule has 1 aromatic rings. The van der Waals surface area contributed by atoms with Crippen molar-refractivity contribution in [1.82, 2.24) is 4.98 Å². The number of aryl methyl sites for hydroxylation is 2. The van der Waals surface area contributed by atoms with Gasteiger partial charge in [0.2, 0.25) is 0 Å². The first-order chi connectivity index (χ1) is 7.45. The van der Waals surface area contributed by atoms with Gasteiger partial charge in [-0.3, -0.25) is 4.98 Å². The van der Waals surface area contributed by atoms with E-state index in [-0.39, 0.29) is 6.54 Å². The van der Waals surface area contributed by atoms with E-state index in [1.165, 1.54) is 4.90 Å². The average molecular weight is 229 g/mol. The maximum Gasteiger partial charge on any atom is 0.255 e. The van der Waals surface area contributed by atoms with Gasteiger partial charge in [0.15, 0.2) is 0 Å². The van der Waals surface area contributed by atoms with Crippen LogP contribution in [0.4, 0.5) is 14.5 Å². The molecule has 0 atom stereocenters. The van der Waals surface area contributed by atoms with E-state index in [1.807, 2.05) is 13.8 Å². The van der Waals surface area contributed by atoms with E-state index in [0.29, 0.717) is 6.54 Å². The molecule has 90 valence electrons. The van der Waals surface area contributed by atoms with Crippen molar-refractivity contribution in [1.29, 1.82) is 0 Å². The van der Waals surface area contributed by atoms with E-state index in [2.05, 4.69) is 4.98 Å². The van der Waals surface area contributed by atoms with Gasteiger partial charge in [-0.25, -0.2) is 8.78 Å². The summed E-state index contributed by atoms with van der Waals surface area (Å²) in [5.41, 5.74) is 8.80. The van der Waals surface area contributed by atoms with Crippen LogP contribution in [0.3, 0.4) is 0 Å². The van der Waals surface area contributed by atoms with Crippen LogP contribution < -0.4 is 10.6 Å². The number of hydrogen-bond donors (Lipinski definition) is 1. The van der Waals surface area contributed by atoms with Gasteiger partial charge in [-0.05, 0) is 19.9 Å². The van der Waals surface area contributed by atoms with Crippen LogP contribution in [-0.4, -0.2) is 25.0 Å². The van der Waals surface area contributed by atoms with Gasteiger partial charge in [-0.2, -0.15) is 0 Å². The highest BCUT2D eigenvalue weighted by atomic mass is 19.3. The first-order valence-electron chi connectivity index (χ1n) is 5.12. The zero-order valence-electron chi connectivity index (χ0n) is 9.80. The molecule has 1 heterocycles. The second-order valence-corrected chi connectivity index (χ2v) is 3.82. The molecule has 0 spiro atoms. The first kappa shape index (κ1) is 12.8. The van der Waals surface area contributed by atoms with Crippen LogP contribution in [0.15, 0.2) is 6.07 Å². The highest BCUT2D eigenvalue weighted by Crippen LogP contribution is 2.23. The average Bonchev–Trinajstić information content (AvgIpc) is 2.15. The Balaban J connectivity index is 3.10. The lowest BCUT2D eigenvalue weighted by molar-refractivity contribution is 0.156. The topological polar surface area (TPSA) is 42.1 Å². The third kappa shape index (κ3) is 2.88. The smallest absolute Gasteiger partial charge is 0.255 e. The molecular formula is C11H17F2N3. The summed E-state index contributed by atoms with van der Waals surface area (Å²) in [4.78, 5) is 5.79. The molecule has 0 amide bonds. The Kier molecular flexibility index (Phi) is 4.18. The second kappa shape index (κ2) is 5.21. The highest BCUT2D eigenvalue weighted by molar-refractivity contribution is 5.55. The zero-order chi connectivity index (χ0) is 12.3. The first-order valence-corrected chi connectivity index (χ1v) is 5.12. The maximum atomic E-state index is 12.3. The van der Waals surface area contributed by atoms with Crippen LogP contribution in [0, 0.1) is 13.8 Å². The standard InChI is InChI=1S/C11H17F2N3/c1-7-4-10(16(3)6-11(12)13)9(5-14)8(2)15-7/h4,11H,5-6,14H2,1-3H3. The van der Waals surface area contributed by atoms with Gasteiger partial charge in [-0.15, -0.1) is 0 Å². The SMILES string of the molecule is Cc1cc(N(C)CC(F)F)c(CN)c(C)n1. The number of aromatic nitrogens is 1. The Morgan fingerprint density at radius 3 is 2.56 bits per heavy atom. The predicted octanol–water partition coefficient (Wildman–Crippen LogP) is 1.86. The van der Waals surface area contributed by atoms with E-state index in [4.69, 9.17) is 5.73 Å². The highest BCUT2D eigenvalue weighted by Gasteiger charge is 2.14. The van der Waals surface area contributed by atoms with E-state index < -0.39 is 6.43 Å². The van der Waals surface area contributed by atoms with Crippen LogP contribution in [0.25, 0.3) is 0 Å². The van der Waals surface area contributed by atoms with E-state index in [1.54, 1.807) is 13.1 Å². The summed E-state index contributed by atoms with van der Waals surface area (Å²) >= 11 is 0. The summed E-state index contributed by atoms with van der Waals surface area (Å²) in [5, 5.41) is 0. The van der Waals surface area contributed by atoms with Crippen molar-refractivity contribution < 1.29 is 8.78 Å². The Morgan fingerprint density at radius 2 is 2.06 bits per heavy atom. The molecule has 16 heavy (non-hydrogen) atoms. The quantitative estimate of drug-likeness (QED) is 0.856. The summed E-state index contributed by atoms with van der Waals surface area (Å²) < 4.78 is 24.6. The predicted molar refractivity (Wildman–Crippen MR) is 60.9 cm³/mol. The fourth-order valence-corrected chi connectivity index (χ4v) is 1.73. The van der Waals surface area contributed by atoms with Gasteiger partial charge < -0.3 is 10.6 Å². The third-order valence-electron chi connectivity index (χ3n) is 2.46. The van der Waals surface area contributed by atoms with Gasteiger partial charge in [-0.1, -0.05) is 0 Å². The molecule has 0 aliphatic rings. The molecule has 2 N–H and O–H groups in total. The molecule has 3 nitrogen and oxygen atoms in total. The molecule has 0 bridgehead atoms. The van der Waals surface area contributed by atoms with Gasteiger partial charge >= 0.3 is 0 Å². The molecule has 0 radical (unpaired) electrons. The van der Waals surface area contributed by atoms with E-state index in [9.17, 15) is 8.78 Å². The molecule has 0 saturated carbocycles. The van der Waals surface area contributed by atoms with Gasteiger partial charge in [0.1, 0.15) is 0 Å². The molecule has 0 aromatic carbocycles. The number of nitrogens with two attached hydrogens (primary N) is 1. The van der Waals surface area contributed by atoms with Crippen molar-refractivity contribution in [2.75, 3.05) is 18.5 Å². The lowest BCUT2D eigenvalue weighted by atomic mass is 10.1. The number of rotatable bonds is 4. The summed E-state index contributed by atoms with van der Waals surface area (Å²) in [5.74, 6) is 0. The third-order valence-corrected chi connectivity index (χ3v) is 2.46. The zero-order valence-corrected chi connectivity index (χ0v) is 9.80. The molecule has 0 saturated heterocycles. The van der Waals surface area contributed by atoms with E-state index in [0.717, 1.165) is 22.6 Å². The second-order valence-electron chi connectivity index (χ2n) is 3.82. The molecular weight excluding hydrogens is 212 g/mol. The van der Waals surface area contributed by atoms with Crippen molar-refractivity contribution in [3.05, 3.63) is 23.0 Å². The van der Waals surface area contributed by atoms with Crippen LogP contribution in [-0.2, 0) is 6.54 Å². The lowest BCUT2D eigenvalue weighted by Crippen LogP contribution is -2.26. The fraction of sp³-hybridized carbons (Fsp3) is 0.545. The largest absolute Gasteiger partial charge is 0.369 e. The molecule has 0 fully saturated rings. The van der Waals surface area contributed by atoms with Crippen LogP contribution in [0.2, 0.25) is 0 Å². The van der Waals surface area contributed by atoms with Crippen molar-refractivity contribution >= 4 is 5.69 Å². The minimum absolute atomic E-state index is 0.296. The molecule has 0 aliphatic heterocycles. The number of alkyl halides is 2. The lowest BCUT2D eigenvalue weighted by Gasteiger charge is -2.23. The monoisotopic (exact) mass is 229 g/mol. The number of halogens is 2. The molecule has 1 aromatic heterocycles. The van der Waals surface area contributed by atoms with Gasteiger partial charge in [0, 0.05) is 36.2 Å². The van der Waals surface area contributed by atoms with Crippen LogP contribution in [0.5, 0.6) is 0 Å². The Labute approximate surface area is 94.3 Å². The Hall–Kier alpha value is -1.23. The van der Waals surface area contributed by atoms with Crippen molar-refractivity contribution in [3.63, 3.8) is 0 Å². The Bertz CT molecular complexity index is 366. The fourth-order valence-electron chi connectivity index (χ4n) is 1.73. The summed E-state index contributed by atoms with van der Waals surface area (Å²) in [6.45, 7) is 3.69. The molecule has 1 rings (SSSR count). The number of nitrogens with zero attached hydrogens (tertiary/aromatic N) is 2. The summed E-state index contributed by atoms with van der Waals surface area (Å²) in [7, 11) is 1.64. The van der Waals surface area contributed by atoms with Gasteiger partial charge in [0.25, 0.3) is 6.43 Å².